The van der Waals surface area contributed by atoms with Crippen LogP contribution in [0.5, 0.6) is 0 Å². The van der Waals surface area contributed by atoms with Crippen LogP contribution in [0.4, 0.5) is 0 Å². The lowest BCUT2D eigenvalue weighted by Crippen LogP contribution is -2.21. The molecule has 1 N–H and O–H groups in total. The van der Waals surface area contributed by atoms with Crippen molar-refractivity contribution >= 4 is 0 Å². The summed E-state index contributed by atoms with van der Waals surface area (Å²) in [5.74, 6) is 0. The molecular formula is C12H30N2. The van der Waals surface area contributed by atoms with Crippen molar-refractivity contribution in [2.75, 3.05) is 32.7 Å². The van der Waals surface area contributed by atoms with Gasteiger partial charge >= 0.3 is 0 Å². The van der Waals surface area contributed by atoms with Crippen molar-refractivity contribution < 1.29 is 0 Å². The summed E-state index contributed by atoms with van der Waals surface area (Å²) >= 11 is 0. The van der Waals surface area contributed by atoms with Gasteiger partial charge in [-0.05, 0) is 45.6 Å². The van der Waals surface area contributed by atoms with Crippen LogP contribution in [0, 0.1) is 0 Å². The van der Waals surface area contributed by atoms with Crippen LogP contribution in [-0.2, 0) is 0 Å². The van der Waals surface area contributed by atoms with Crippen molar-refractivity contribution in [3.05, 3.63) is 0 Å². The van der Waals surface area contributed by atoms with Gasteiger partial charge < -0.3 is 10.2 Å². The van der Waals surface area contributed by atoms with Crippen LogP contribution < -0.4 is 5.32 Å². The van der Waals surface area contributed by atoms with E-state index in [2.05, 4.69) is 44.8 Å². The van der Waals surface area contributed by atoms with E-state index < -0.39 is 0 Å². The average molecular weight is 202 g/mol. The van der Waals surface area contributed by atoms with E-state index in [-0.39, 0.29) is 0 Å². The van der Waals surface area contributed by atoms with Gasteiger partial charge in [-0.3, -0.25) is 0 Å². The van der Waals surface area contributed by atoms with Crippen molar-refractivity contribution in [1.29, 1.82) is 0 Å². The smallest absolute Gasteiger partial charge is 0.00474 e. The summed E-state index contributed by atoms with van der Waals surface area (Å²) < 4.78 is 0. The molecule has 2 nitrogen and oxygen atoms in total. The zero-order valence-electron chi connectivity index (χ0n) is 10.9. The summed E-state index contributed by atoms with van der Waals surface area (Å²) in [4.78, 5) is 2.38. The molecule has 0 saturated carbocycles. The van der Waals surface area contributed by atoms with Gasteiger partial charge in [0.1, 0.15) is 0 Å². The molecule has 0 spiro atoms. The first kappa shape index (κ1) is 16.4. The van der Waals surface area contributed by atoms with Crippen LogP contribution in [-0.4, -0.2) is 37.6 Å². The van der Waals surface area contributed by atoms with Crippen molar-refractivity contribution in [2.45, 2.75) is 47.5 Å². The second-order valence-corrected chi connectivity index (χ2v) is 3.37. The molecule has 0 bridgehead atoms. The molecule has 0 rings (SSSR count). The molecule has 0 fully saturated rings. The highest BCUT2D eigenvalue weighted by molar-refractivity contribution is 4.43. The van der Waals surface area contributed by atoms with Gasteiger partial charge in [0, 0.05) is 0 Å². The SMILES string of the molecule is CCCNCCC.CCN(CC)CC. The second kappa shape index (κ2) is 15.4. The minimum atomic E-state index is 1.17. The summed E-state index contributed by atoms with van der Waals surface area (Å²) in [5.41, 5.74) is 0. The molecule has 0 aromatic carbocycles. The third-order valence-electron chi connectivity index (χ3n) is 2.20. The minimum absolute atomic E-state index is 1.17. The van der Waals surface area contributed by atoms with Crippen LogP contribution in [0.25, 0.3) is 0 Å². The third-order valence-corrected chi connectivity index (χ3v) is 2.20. The Morgan fingerprint density at radius 2 is 1.07 bits per heavy atom. The minimum Gasteiger partial charge on any atom is -0.317 e. The van der Waals surface area contributed by atoms with Crippen molar-refractivity contribution in [3.63, 3.8) is 0 Å². The monoisotopic (exact) mass is 202 g/mol. The van der Waals surface area contributed by atoms with Crippen LogP contribution in [0.3, 0.4) is 0 Å². The fraction of sp³-hybridized carbons (Fsp3) is 1.00. The molecule has 0 aliphatic carbocycles. The Morgan fingerprint density at radius 1 is 0.714 bits per heavy atom. The van der Waals surface area contributed by atoms with E-state index in [1.54, 1.807) is 0 Å². The van der Waals surface area contributed by atoms with Gasteiger partial charge in [-0.2, -0.15) is 0 Å². The molecule has 0 unspecified atom stereocenters. The summed E-state index contributed by atoms with van der Waals surface area (Å²) in [7, 11) is 0. The molecule has 0 aromatic rings. The van der Waals surface area contributed by atoms with E-state index in [1.807, 2.05) is 0 Å². The quantitative estimate of drug-likeness (QED) is 0.639. The second-order valence-electron chi connectivity index (χ2n) is 3.37. The predicted octanol–water partition coefficient (Wildman–Crippen LogP) is 2.74. The molecule has 0 amide bonds. The highest BCUT2D eigenvalue weighted by atomic mass is 15.1. The van der Waals surface area contributed by atoms with Gasteiger partial charge in [0.2, 0.25) is 0 Å². The molecule has 88 valence electrons. The molecular weight excluding hydrogens is 172 g/mol. The molecule has 14 heavy (non-hydrogen) atoms. The molecule has 0 heterocycles. The summed E-state index contributed by atoms with van der Waals surface area (Å²) in [6.07, 6.45) is 2.50. The molecule has 0 aliphatic rings. The van der Waals surface area contributed by atoms with Crippen LogP contribution in [0.1, 0.15) is 47.5 Å². The Hall–Kier alpha value is -0.0800. The number of hydrogen-bond donors (Lipinski definition) is 1. The van der Waals surface area contributed by atoms with Gasteiger partial charge in [-0.15, -0.1) is 0 Å². The Balaban J connectivity index is 0. The van der Waals surface area contributed by atoms with Crippen LogP contribution in [0.2, 0.25) is 0 Å². The molecule has 0 aliphatic heterocycles. The van der Waals surface area contributed by atoms with E-state index in [0.29, 0.717) is 0 Å². The Kier molecular flexibility index (Phi) is 18.0. The predicted molar refractivity (Wildman–Crippen MR) is 66.9 cm³/mol. The van der Waals surface area contributed by atoms with E-state index in [9.17, 15) is 0 Å². The Labute approximate surface area is 91.1 Å². The maximum atomic E-state index is 3.28. The van der Waals surface area contributed by atoms with Crippen LogP contribution in [0.15, 0.2) is 0 Å². The highest BCUT2D eigenvalue weighted by Crippen LogP contribution is 1.81. The first-order chi connectivity index (χ1) is 6.76. The normalized spacial score (nSPS) is 9.86. The number of nitrogens with zero attached hydrogens (tertiary/aromatic N) is 1. The first-order valence-corrected chi connectivity index (χ1v) is 6.19. The first-order valence-electron chi connectivity index (χ1n) is 6.19. The Morgan fingerprint density at radius 3 is 1.21 bits per heavy atom. The average Bonchev–Trinajstić information content (AvgIpc) is 2.22. The van der Waals surface area contributed by atoms with Gasteiger partial charge in [0.25, 0.3) is 0 Å². The molecule has 0 saturated heterocycles. The van der Waals surface area contributed by atoms with Crippen molar-refractivity contribution in [3.8, 4) is 0 Å². The maximum absolute atomic E-state index is 3.28. The largest absolute Gasteiger partial charge is 0.317 e. The number of nitrogens with one attached hydrogen (secondary N) is 1. The summed E-state index contributed by atoms with van der Waals surface area (Å²) in [6, 6.07) is 0. The van der Waals surface area contributed by atoms with Gasteiger partial charge in [-0.1, -0.05) is 34.6 Å². The lowest BCUT2D eigenvalue weighted by atomic mass is 10.4. The van der Waals surface area contributed by atoms with Crippen molar-refractivity contribution in [1.82, 2.24) is 10.2 Å². The maximum Gasteiger partial charge on any atom is -0.00474 e. The lowest BCUT2D eigenvalue weighted by molar-refractivity contribution is 0.321. The van der Waals surface area contributed by atoms with Crippen molar-refractivity contribution in [2.24, 2.45) is 0 Å². The van der Waals surface area contributed by atoms with Gasteiger partial charge in [-0.25, -0.2) is 0 Å². The standard InChI is InChI=1S/2C6H15N/c1-4-7(5-2)6-3;1-3-5-7-6-4-2/h4-6H2,1-3H3;7H,3-6H2,1-2H3. The lowest BCUT2D eigenvalue weighted by Gasteiger charge is -2.13. The zero-order chi connectivity index (χ0) is 11.2. The van der Waals surface area contributed by atoms with E-state index in [4.69, 9.17) is 0 Å². The fourth-order valence-corrected chi connectivity index (χ4v) is 1.15. The molecule has 2 heteroatoms. The van der Waals surface area contributed by atoms with E-state index >= 15 is 0 Å². The Bertz CT molecular complexity index is 70.9. The molecule has 0 radical (unpaired) electrons. The number of hydrogen-bond acceptors (Lipinski definition) is 2. The zero-order valence-corrected chi connectivity index (χ0v) is 10.9. The fourth-order valence-electron chi connectivity index (χ4n) is 1.15. The summed E-state index contributed by atoms with van der Waals surface area (Å²) in [6.45, 7) is 16.8. The molecule has 0 aromatic heterocycles. The van der Waals surface area contributed by atoms with Gasteiger partial charge in [0.15, 0.2) is 0 Å². The van der Waals surface area contributed by atoms with E-state index in [0.717, 1.165) is 0 Å². The highest BCUT2D eigenvalue weighted by Gasteiger charge is 1.89. The summed E-state index contributed by atoms with van der Waals surface area (Å²) in [5, 5.41) is 3.28. The topological polar surface area (TPSA) is 15.3 Å². The third kappa shape index (κ3) is 14.4. The van der Waals surface area contributed by atoms with Gasteiger partial charge in [0.05, 0.1) is 0 Å². The number of rotatable bonds is 7. The van der Waals surface area contributed by atoms with E-state index in [1.165, 1.54) is 45.6 Å². The molecule has 0 atom stereocenters. The van der Waals surface area contributed by atoms with Crippen LogP contribution >= 0.6 is 0 Å².